The molecule has 11 nitrogen and oxygen atoms in total. The smallest absolute Gasteiger partial charge is 0.412 e. The van der Waals surface area contributed by atoms with Crippen molar-refractivity contribution in [1.82, 2.24) is 19.7 Å². The van der Waals surface area contributed by atoms with Gasteiger partial charge in [-0.1, -0.05) is 24.3 Å². The maximum atomic E-state index is 13.1. The SMILES string of the molecule is CC(C)(C)OC(=O)Nc1ccccc1NC(=O)c1ccc(-c2ncc(CN3CCN(CC(=O)N4CCCC4)CC3)cc2C#N)cc1. The Morgan fingerprint density at radius 3 is 2.15 bits per heavy atom. The summed E-state index contributed by atoms with van der Waals surface area (Å²) in [6.45, 7) is 11.6. The first kappa shape index (κ1) is 32.6. The van der Waals surface area contributed by atoms with E-state index in [2.05, 4.69) is 31.5 Å². The van der Waals surface area contributed by atoms with Crippen molar-refractivity contribution in [2.24, 2.45) is 0 Å². The average Bonchev–Trinajstić information content (AvgIpc) is 3.58. The summed E-state index contributed by atoms with van der Waals surface area (Å²) in [4.78, 5) is 49.0. The first-order valence-corrected chi connectivity index (χ1v) is 15.7. The monoisotopic (exact) mass is 623 g/mol. The van der Waals surface area contributed by atoms with E-state index in [1.165, 1.54) is 0 Å². The number of carbonyl (C=O) groups is 3. The van der Waals surface area contributed by atoms with Gasteiger partial charge in [0.25, 0.3) is 5.91 Å². The number of para-hydroxylation sites is 2. The maximum absolute atomic E-state index is 13.1. The van der Waals surface area contributed by atoms with Crippen LogP contribution in [0.15, 0.2) is 60.8 Å². The van der Waals surface area contributed by atoms with Crippen LogP contribution in [0, 0.1) is 11.3 Å². The van der Waals surface area contributed by atoms with Crippen molar-refractivity contribution >= 4 is 29.3 Å². The lowest BCUT2D eigenvalue weighted by molar-refractivity contribution is -0.131. The number of likely N-dealkylation sites (tertiary alicyclic amines) is 1. The highest BCUT2D eigenvalue weighted by atomic mass is 16.6. The fourth-order valence-electron chi connectivity index (χ4n) is 5.62. The van der Waals surface area contributed by atoms with Crippen molar-refractivity contribution < 1.29 is 19.1 Å². The predicted octanol–water partition coefficient (Wildman–Crippen LogP) is 4.96. The van der Waals surface area contributed by atoms with E-state index in [-0.39, 0.29) is 11.8 Å². The minimum absolute atomic E-state index is 0.232. The number of amides is 3. The molecule has 0 bridgehead atoms. The van der Waals surface area contributed by atoms with Gasteiger partial charge in [0.2, 0.25) is 5.91 Å². The van der Waals surface area contributed by atoms with Gasteiger partial charge in [-0.15, -0.1) is 0 Å². The van der Waals surface area contributed by atoms with E-state index >= 15 is 0 Å². The number of nitrogens with zero attached hydrogens (tertiary/aromatic N) is 5. The Morgan fingerprint density at radius 1 is 0.891 bits per heavy atom. The number of ether oxygens (including phenoxy) is 1. The van der Waals surface area contributed by atoms with Crippen LogP contribution in [-0.4, -0.2) is 89.0 Å². The topological polar surface area (TPSA) is 131 Å². The predicted molar refractivity (Wildman–Crippen MR) is 176 cm³/mol. The molecule has 11 heteroatoms. The van der Waals surface area contributed by atoms with E-state index < -0.39 is 11.7 Å². The minimum Gasteiger partial charge on any atom is -0.444 e. The Labute approximate surface area is 270 Å². The fraction of sp³-hybridized carbons (Fsp3) is 0.400. The lowest BCUT2D eigenvalue weighted by Crippen LogP contribution is -2.49. The average molecular weight is 624 g/mol. The van der Waals surface area contributed by atoms with Gasteiger partial charge < -0.3 is 15.0 Å². The zero-order chi connectivity index (χ0) is 32.7. The van der Waals surface area contributed by atoms with Crippen LogP contribution in [0.1, 0.15) is 55.1 Å². The molecule has 0 spiro atoms. The van der Waals surface area contributed by atoms with E-state index in [4.69, 9.17) is 4.74 Å². The molecule has 5 rings (SSSR count). The second kappa shape index (κ2) is 14.5. The number of hydrogen-bond acceptors (Lipinski definition) is 8. The molecule has 0 aliphatic carbocycles. The van der Waals surface area contributed by atoms with E-state index in [1.54, 1.807) is 75.5 Å². The molecule has 3 amide bonds. The summed E-state index contributed by atoms with van der Waals surface area (Å²) < 4.78 is 5.33. The van der Waals surface area contributed by atoms with Gasteiger partial charge in [0, 0.05) is 63.1 Å². The first-order chi connectivity index (χ1) is 22.1. The largest absolute Gasteiger partial charge is 0.444 e. The number of carbonyl (C=O) groups excluding carboxylic acids is 3. The van der Waals surface area contributed by atoms with Crippen LogP contribution < -0.4 is 10.6 Å². The maximum Gasteiger partial charge on any atom is 0.412 e. The number of aromatic nitrogens is 1. The van der Waals surface area contributed by atoms with Crippen LogP contribution in [0.2, 0.25) is 0 Å². The van der Waals surface area contributed by atoms with Crippen molar-refractivity contribution in [3.63, 3.8) is 0 Å². The van der Waals surface area contributed by atoms with Gasteiger partial charge in [-0.3, -0.25) is 29.7 Å². The van der Waals surface area contributed by atoms with Gasteiger partial charge in [0.05, 0.1) is 29.2 Å². The Balaban J connectivity index is 1.17. The van der Waals surface area contributed by atoms with Crippen molar-refractivity contribution in [1.29, 1.82) is 5.26 Å². The molecular weight excluding hydrogens is 582 g/mol. The summed E-state index contributed by atoms with van der Waals surface area (Å²) >= 11 is 0. The summed E-state index contributed by atoms with van der Waals surface area (Å²) in [5.41, 5.74) is 3.30. The molecule has 46 heavy (non-hydrogen) atoms. The Morgan fingerprint density at radius 2 is 1.52 bits per heavy atom. The second-order valence-electron chi connectivity index (χ2n) is 12.7. The summed E-state index contributed by atoms with van der Waals surface area (Å²) in [5, 5.41) is 15.5. The Hall–Kier alpha value is -4.79. The standard InChI is InChI=1S/C35H41N7O4/c1-35(2,3)46-34(45)39-30-9-5-4-8-29(30)38-33(44)27-12-10-26(11-13-27)32-28(21-36)20-25(22-37-32)23-40-16-18-41(19-17-40)24-31(43)42-14-6-7-15-42/h4-5,8-13,20,22H,6-7,14-19,23-24H2,1-3H3,(H,38,44)(H,39,45). The lowest BCUT2D eigenvalue weighted by Gasteiger charge is -2.35. The summed E-state index contributed by atoms with van der Waals surface area (Å²) in [6.07, 6.45) is 3.39. The number of rotatable bonds is 8. The van der Waals surface area contributed by atoms with Crippen molar-refractivity contribution in [3.05, 3.63) is 77.5 Å². The molecule has 240 valence electrons. The molecule has 0 saturated carbocycles. The van der Waals surface area contributed by atoms with Crippen LogP contribution >= 0.6 is 0 Å². The van der Waals surface area contributed by atoms with E-state index in [1.807, 2.05) is 11.0 Å². The molecule has 1 aromatic heterocycles. The second-order valence-corrected chi connectivity index (χ2v) is 12.7. The van der Waals surface area contributed by atoms with E-state index in [9.17, 15) is 19.6 Å². The number of hydrogen-bond donors (Lipinski definition) is 2. The van der Waals surface area contributed by atoms with Crippen molar-refractivity contribution in [2.45, 2.75) is 45.8 Å². The van der Waals surface area contributed by atoms with Crippen molar-refractivity contribution in [3.8, 4) is 17.3 Å². The van der Waals surface area contributed by atoms with Gasteiger partial charge in [-0.05, 0) is 69.5 Å². The number of anilines is 2. The minimum atomic E-state index is -0.656. The number of nitrogens with one attached hydrogen (secondary N) is 2. The highest BCUT2D eigenvalue weighted by Crippen LogP contribution is 2.26. The zero-order valence-corrected chi connectivity index (χ0v) is 26.7. The molecule has 3 aromatic rings. The Kier molecular flexibility index (Phi) is 10.3. The molecule has 2 aliphatic heterocycles. The van der Waals surface area contributed by atoms with Gasteiger partial charge in [0.1, 0.15) is 11.7 Å². The van der Waals surface area contributed by atoms with Gasteiger partial charge >= 0.3 is 6.09 Å². The van der Waals surface area contributed by atoms with Gasteiger partial charge in [-0.2, -0.15) is 5.26 Å². The third kappa shape index (κ3) is 8.68. The summed E-state index contributed by atoms with van der Waals surface area (Å²) in [6, 6.07) is 17.9. The quantitative estimate of drug-likeness (QED) is 0.360. The molecule has 2 aliphatic rings. The number of pyridine rings is 1. The summed E-state index contributed by atoms with van der Waals surface area (Å²) in [7, 11) is 0. The molecule has 0 atom stereocenters. The normalized spacial score (nSPS) is 15.7. The van der Waals surface area contributed by atoms with Crippen LogP contribution in [-0.2, 0) is 16.1 Å². The number of nitriles is 1. The molecule has 0 radical (unpaired) electrons. The van der Waals surface area contributed by atoms with Crippen LogP contribution in [0.4, 0.5) is 16.2 Å². The molecule has 2 aromatic carbocycles. The van der Waals surface area contributed by atoms with Gasteiger partial charge in [0.15, 0.2) is 0 Å². The molecule has 0 unspecified atom stereocenters. The number of benzene rings is 2. The molecule has 2 fully saturated rings. The highest BCUT2D eigenvalue weighted by Gasteiger charge is 2.24. The van der Waals surface area contributed by atoms with Gasteiger partial charge in [-0.25, -0.2) is 4.79 Å². The van der Waals surface area contributed by atoms with Crippen LogP contribution in [0.3, 0.4) is 0 Å². The third-order valence-electron chi connectivity index (χ3n) is 7.98. The van der Waals surface area contributed by atoms with E-state index in [0.717, 1.165) is 63.2 Å². The van der Waals surface area contributed by atoms with E-state index in [0.29, 0.717) is 41.3 Å². The first-order valence-electron chi connectivity index (χ1n) is 15.7. The fourth-order valence-corrected chi connectivity index (χ4v) is 5.62. The highest BCUT2D eigenvalue weighted by molar-refractivity contribution is 6.07. The number of piperazine rings is 1. The summed E-state index contributed by atoms with van der Waals surface area (Å²) in [5.74, 6) is -0.120. The molecule has 2 saturated heterocycles. The van der Waals surface area contributed by atoms with Crippen LogP contribution in [0.5, 0.6) is 0 Å². The molecule has 3 heterocycles. The molecule has 2 N–H and O–H groups in total. The van der Waals surface area contributed by atoms with Crippen LogP contribution in [0.25, 0.3) is 11.3 Å². The van der Waals surface area contributed by atoms with Crippen molar-refractivity contribution in [2.75, 3.05) is 56.4 Å². The zero-order valence-electron chi connectivity index (χ0n) is 26.7. The third-order valence-corrected chi connectivity index (χ3v) is 7.98. The Bertz CT molecular complexity index is 1600. The molecular formula is C35H41N7O4. The lowest BCUT2D eigenvalue weighted by atomic mass is 10.0.